The highest BCUT2D eigenvalue weighted by atomic mass is 16.3. The first-order chi connectivity index (χ1) is 4.48. The molecule has 2 heteroatoms. The monoisotopic (exact) mass is 146 g/mol. The Labute approximate surface area is 62.9 Å². The molecule has 0 saturated carbocycles. The summed E-state index contributed by atoms with van der Waals surface area (Å²) < 4.78 is 0. The van der Waals surface area contributed by atoms with Crippen LogP contribution in [0.2, 0.25) is 0 Å². The van der Waals surface area contributed by atoms with Crippen LogP contribution in [0.15, 0.2) is 0 Å². The average Bonchev–Trinajstić information content (AvgIpc) is 1.80. The van der Waals surface area contributed by atoms with E-state index >= 15 is 0 Å². The second-order valence-electron chi connectivity index (χ2n) is 3.75. The fraction of sp³-hybridized carbons (Fsp3) is 1.00. The minimum absolute atomic E-state index is 0.0465. The molecule has 0 aliphatic rings. The fourth-order valence-electron chi connectivity index (χ4n) is 0.718. The molecule has 0 rings (SSSR count). The van der Waals surface area contributed by atoms with Gasteiger partial charge in [0.05, 0.1) is 6.10 Å². The minimum atomic E-state index is -0.292. The molecule has 0 aliphatic heterocycles. The zero-order valence-corrected chi connectivity index (χ0v) is 7.09. The molecule has 0 aliphatic carbocycles. The van der Waals surface area contributed by atoms with Gasteiger partial charge in [-0.1, -0.05) is 20.8 Å². The standard InChI is InChI=1S/C8H18O2/c1-8(2,3)7(10)5-4-6-9/h7,9-10H,4-6H2,1-3H3. The summed E-state index contributed by atoms with van der Waals surface area (Å²) >= 11 is 0. The number of aliphatic hydroxyl groups is 2. The molecule has 2 nitrogen and oxygen atoms in total. The van der Waals surface area contributed by atoms with E-state index in [2.05, 4.69) is 0 Å². The van der Waals surface area contributed by atoms with Crippen LogP contribution in [-0.4, -0.2) is 22.9 Å². The lowest BCUT2D eigenvalue weighted by Crippen LogP contribution is -2.25. The number of rotatable bonds is 3. The van der Waals surface area contributed by atoms with E-state index in [-0.39, 0.29) is 18.1 Å². The number of hydrogen-bond acceptors (Lipinski definition) is 2. The summed E-state index contributed by atoms with van der Waals surface area (Å²) in [5.41, 5.74) is -0.0465. The van der Waals surface area contributed by atoms with Gasteiger partial charge in [0.1, 0.15) is 0 Å². The third-order valence-corrected chi connectivity index (χ3v) is 1.64. The van der Waals surface area contributed by atoms with E-state index in [1.165, 1.54) is 0 Å². The summed E-state index contributed by atoms with van der Waals surface area (Å²) in [5.74, 6) is 0. The lowest BCUT2D eigenvalue weighted by atomic mass is 9.87. The summed E-state index contributed by atoms with van der Waals surface area (Å²) in [7, 11) is 0. The third kappa shape index (κ3) is 3.85. The van der Waals surface area contributed by atoms with Crippen molar-refractivity contribution < 1.29 is 10.2 Å². The van der Waals surface area contributed by atoms with Crippen molar-refractivity contribution in [1.29, 1.82) is 0 Å². The first kappa shape index (κ1) is 9.92. The van der Waals surface area contributed by atoms with Crippen molar-refractivity contribution in [1.82, 2.24) is 0 Å². The van der Waals surface area contributed by atoms with Gasteiger partial charge in [-0.2, -0.15) is 0 Å². The van der Waals surface area contributed by atoms with E-state index in [0.717, 1.165) is 0 Å². The van der Waals surface area contributed by atoms with E-state index in [1.54, 1.807) is 0 Å². The Morgan fingerprint density at radius 3 is 2.10 bits per heavy atom. The zero-order valence-electron chi connectivity index (χ0n) is 7.09. The molecule has 0 aromatic rings. The zero-order chi connectivity index (χ0) is 8.20. The predicted molar refractivity (Wildman–Crippen MR) is 41.8 cm³/mol. The Morgan fingerprint density at radius 1 is 1.30 bits per heavy atom. The molecule has 0 bridgehead atoms. The molecule has 0 amide bonds. The van der Waals surface area contributed by atoms with Gasteiger partial charge in [-0.15, -0.1) is 0 Å². The second kappa shape index (κ2) is 3.94. The van der Waals surface area contributed by atoms with Crippen LogP contribution in [0.25, 0.3) is 0 Å². The van der Waals surface area contributed by atoms with Gasteiger partial charge in [-0.25, -0.2) is 0 Å². The molecule has 1 unspecified atom stereocenters. The lowest BCUT2D eigenvalue weighted by Gasteiger charge is -2.25. The Kier molecular flexibility index (Phi) is 3.91. The SMILES string of the molecule is CC(C)(C)C(O)CCCO. The Bertz CT molecular complexity index is 83.7. The summed E-state index contributed by atoms with van der Waals surface area (Å²) in [6.07, 6.45) is 1.10. The summed E-state index contributed by atoms with van der Waals surface area (Å²) in [4.78, 5) is 0. The lowest BCUT2D eigenvalue weighted by molar-refractivity contribution is 0.0496. The van der Waals surface area contributed by atoms with Crippen LogP contribution in [0.5, 0.6) is 0 Å². The van der Waals surface area contributed by atoms with Crippen LogP contribution in [0, 0.1) is 5.41 Å². The molecular formula is C8H18O2. The van der Waals surface area contributed by atoms with Crippen LogP contribution in [0.3, 0.4) is 0 Å². The Hall–Kier alpha value is -0.0800. The van der Waals surface area contributed by atoms with Gasteiger partial charge < -0.3 is 10.2 Å². The normalized spacial score (nSPS) is 15.3. The van der Waals surface area contributed by atoms with Crippen molar-refractivity contribution in [3.8, 4) is 0 Å². The highest BCUT2D eigenvalue weighted by Crippen LogP contribution is 2.22. The van der Waals surface area contributed by atoms with Gasteiger partial charge in [-0.3, -0.25) is 0 Å². The maximum absolute atomic E-state index is 9.41. The Balaban J connectivity index is 3.52. The van der Waals surface area contributed by atoms with E-state index in [9.17, 15) is 5.11 Å². The van der Waals surface area contributed by atoms with Crippen LogP contribution in [0.4, 0.5) is 0 Å². The van der Waals surface area contributed by atoms with Crippen molar-refractivity contribution in [2.24, 2.45) is 5.41 Å². The van der Waals surface area contributed by atoms with Gasteiger partial charge in [0.2, 0.25) is 0 Å². The van der Waals surface area contributed by atoms with E-state index in [0.29, 0.717) is 12.8 Å². The van der Waals surface area contributed by atoms with Gasteiger partial charge >= 0.3 is 0 Å². The summed E-state index contributed by atoms with van der Waals surface area (Å²) in [6, 6.07) is 0. The predicted octanol–water partition coefficient (Wildman–Crippen LogP) is 1.17. The van der Waals surface area contributed by atoms with E-state index in [4.69, 9.17) is 5.11 Å². The minimum Gasteiger partial charge on any atom is -0.396 e. The highest BCUT2D eigenvalue weighted by Gasteiger charge is 2.20. The van der Waals surface area contributed by atoms with Crippen LogP contribution < -0.4 is 0 Å². The summed E-state index contributed by atoms with van der Waals surface area (Å²) in [5, 5.41) is 17.9. The molecule has 0 spiro atoms. The van der Waals surface area contributed by atoms with Crippen molar-refractivity contribution in [3.05, 3.63) is 0 Å². The first-order valence-electron chi connectivity index (χ1n) is 3.77. The van der Waals surface area contributed by atoms with Crippen molar-refractivity contribution >= 4 is 0 Å². The molecule has 10 heavy (non-hydrogen) atoms. The first-order valence-corrected chi connectivity index (χ1v) is 3.77. The maximum Gasteiger partial charge on any atom is 0.0589 e. The van der Waals surface area contributed by atoms with Gasteiger partial charge in [0, 0.05) is 6.61 Å². The number of hydrogen-bond donors (Lipinski definition) is 2. The fourth-order valence-corrected chi connectivity index (χ4v) is 0.718. The summed E-state index contributed by atoms with van der Waals surface area (Å²) in [6.45, 7) is 6.16. The van der Waals surface area contributed by atoms with Crippen LogP contribution >= 0.6 is 0 Å². The Morgan fingerprint density at radius 2 is 1.80 bits per heavy atom. The third-order valence-electron chi connectivity index (χ3n) is 1.64. The van der Waals surface area contributed by atoms with Gasteiger partial charge in [0.15, 0.2) is 0 Å². The van der Waals surface area contributed by atoms with Crippen molar-refractivity contribution in [3.63, 3.8) is 0 Å². The van der Waals surface area contributed by atoms with Crippen molar-refractivity contribution in [2.75, 3.05) is 6.61 Å². The highest BCUT2D eigenvalue weighted by molar-refractivity contribution is 4.71. The number of aliphatic hydroxyl groups excluding tert-OH is 2. The topological polar surface area (TPSA) is 40.5 Å². The molecule has 62 valence electrons. The van der Waals surface area contributed by atoms with Crippen LogP contribution in [0.1, 0.15) is 33.6 Å². The molecule has 0 radical (unpaired) electrons. The van der Waals surface area contributed by atoms with Gasteiger partial charge in [0.25, 0.3) is 0 Å². The van der Waals surface area contributed by atoms with Crippen molar-refractivity contribution in [2.45, 2.75) is 39.7 Å². The smallest absolute Gasteiger partial charge is 0.0589 e. The van der Waals surface area contributed by atoms with E-state index < -0.39 is 0 Å². The molecule has 1 atom stereocenters. The maximum atomic E-state index is 9.41. The van der Waals surface area contributed by atoms with Gasteiger partial charge in [-0.05, 0) is 18.3 Å². The van der Waals surface area contributed by atoms with E-state index in [1.807, 2.05) is 20.8 Å². The molecule has 0 saturated heterocycles. The quantitative estimate of drug-likeness (QED) is 0.627. The molecule has 2 N–H and O–H groups in total. The molecule has 0 heterocycles. The molecule has 0 fully saturated rings. The molecular weight excluding hydrogens is 128 g/mol. The molecule has 0 aromatic carbocycles. The largest absolute Gasteiger partial charge is 0.396 e. The van der Waals surface area contributed by atoms with Crippen LogP contribution in [-0.2, 0) is 0 Å². The second-order valence-corrected chi connectivity index (χ2v) is 3.75. The molecule has 0 aromatic heterocycles. The average molecular weight is 146 g/mol.